The molecule has 0 aliphatic carbocycles. The summed E-state index contributed by atoms with van der Waals surface area (Å²) >= 11 is 0. The van der Waals surface area contributed by atoms with Gasteiger partial charge in [0.1, 0.15) is 0 Å². The van der Waals surface area contributed by atoms with Crippen LogP contribution in [0, 0.1) is 0 Å². The third-order valence-corrected chi connectivity index (χ3v) is 2.07. The zero-order chi connectivity index (χ0) is 10.7. The van der Waals surface area contributed by atoms with Crippen LogP contribution in [0.4, 0.5) is 5.82 Å². The fourth-order valence-electron chi connectivity index (χ4n) is 1.31. The highest BCUT2D eigenvalue weighted by Crippen LogP contribution is 2.12. The number of hydrogen-bond acceptors (Lipinski definition) is 5. The fraction of sp³-hybridized carbons (Fsp3) is 0.200. The van der Waals surface area contributed by atoms with Crippen molar-refractivity contribution in [2.24, 2.45) is 5.84 Å². The first-order valence-electron chi connectivity index (χ1n) is 4.66. The molecule has 0 spiro atoms. The third kappa shape index (κ3) is 2.03. The quantitative estimate of drug-likeness (QED) is 0.555. The zero-order valence-electron chi connectivity index (χ0n) is 8.17. The molecule has 0 unspecified atom stereocenters. The number of nitrogens with zero attached hydrogens (tertiary/aromatic N) is 3. The molecule has 0 bridgehead atoms. The number of anilines is 1. The molecule has 15 heavy (non-hydrogen) atoms. The number of para-hydroxylation sites is 2. The fourth-order valence-corrected chi connectivity index (χ4v) is 1.31. The van der Waals surface area contributed by atoms with Crippen LogP contribution in [0.2, 0.25) is 0 Å². The minimum atomic E-state index is -0.00892. The van der Waals surface area contributed by atoms with E-state index in [0.717, 1.165) is 11.0 Å². The molecular weight excluding hydrogens is 192 g/mol. The molecule has 3 N–H and O–H groups in total. The van der Waals surface area contributed by atoms with Gasteiger partial charge in [0.2, 0.25) is 0 Å². The Labute approximate surface area is 87.1 Å². The lowest BCUT2D eigenvalue weighted by Crippen LogP contribution is -2.34. The number of aliphatic hydroxyl groups is 1. The Morgan fingerprint density at radius 3 is 2.73 bits per heavy atom. The molecule has 78 valence electrons. The van der Waals surface area contributed by atoms with Crippen LogP contribution in [0.25, 0.3) is 11.0 Å². The van der Waals surface area contributed by atoms with Gasteiger partial charge in [0.05, 0.1) is 30.4 Å². The van der Waals surface area contributed by atoms with Crippen molar-refractivity contribution in [1.82, 2.24) is 9.97 Å². The molecule has 1 aromatic carbocycles. The van der Waals surface area contributed by atoms with Crippen LogP contribution in [0.15, 0.2) is 30.5 Å². The first kappa shape index (κ1) is 9.82. The largest absolute Gasteiger partial charge is 0.394 e. The average molecular weight is 204 g/mol. The molecule has 5 nitrogen and oxygen atoms in total. The Balaban J connectivity index is 2.38. The number of aliphatic hydroxyl groups excluding tert-OH is 1. The van der Waals surface area contributed by atoms with Crippen LogP contribution < -0.4 is 10.9 Å². The maximum atomic E-state index is 8.74. The predicted molar refractivity (Wildman–Crippen MR) is 58.2 cm³/mol. The van der Waals surface area contributed by atoms with Gasteiger partial charge in [0.25, 0.3) is 0 Å². The highest BCUT2D eigenvalue weighted by molar-refractivity contribution is 5.75. The molecule has 0 aliphatic rings. The molecule has 0 atom stereocenters. The molecule has 0 amide bonds. The van der Waals surface area contributed by atoms with Gasteiger partial charge in [-0.15, -0.1) is 0 Å². The Morgan fingerprint density at radius 2 is 2.00 bits per heavy atom. The lowest BCUT2D eigenvalue weighted by molar-refractivity contribution is 0.302. The summed E-state index contributed by atoms with van der Waals surface area (Å²) in [5.74, 6) is 6.23. The van der Waals surface area contributed by atoms with Crippen molar-refractivity contribution in [2.75, 3.05) is 18.2 Å². The second-order valence-corrected chi connectivity index (χ2v) is 3.13. The van der Waals surface area contributed by atoms with E-state index >= 15 is 0 Å². The predicted octanol–water partition coefficient (Wildman–Crippen LogP) is 0.302. The van der Waals surface area contributed by atoms with Crippen LogP contribution in [-0.2, 0) is 0 Å². The number of nitrogens with two attached hydrogens (primary N) is 1. The minimum absolute atomic E-state index is 0.00892. The molecule has 1 heterocycles. The number of fused-ring (bicyclic) bond motifs is 1. The van der Waals surface area contributed by atoms with E-state index in [1.807, 2.05) is 24.3 Å². The van der Waals surface area contributed by atoms with E-state index in [1.165, 1.54) is 5.01 Å². The van der Waals surface area contributed by atoms with Gasteiger partial charge in [-0.1, -0.05) is 12.1 Å². The normalized spacial score (nSPS) is 10.5. The Bertz CT molecular complexity index is 460. The summed E-state index contributed by atoms with van der Waals surface area (Å²) in [6.45, 7) is 0.331. The van der Waals surface area contributed by atoms with Crippen LogP contribution in [0.1, 0.15) is 0 Å². The van der Waals surface area contributed by atoms with Gasteiger partial charge in [0, 0.05) is 0 Å². The van der Waals surface area contributed by atoms with E-state index in [4.69, 9.17) is 10.9 Å². The highest BCUT2D eigenvalue weighted by atomic mass is 16.3. The average Bonchev–Trinajstić information content (AvgIpc) is 2.29. The van der Waals surface area contributed by atoms with Crippen molar-refractivity contribution in [3.05, 3.63) is 30.5 Å². The Morgan fingerprint density at radius 1 is 1.27 bits per heavy atom. The van der Waals surface area contributed by atoms with Gasteiger partial charge in [0.15, 0.2) is 5.82 Å². The Kier molecular flexibility index (Phi) is 2.75. The van der Waals surface area contributed by atoms with Crippen LogP contribution in [0.5, 0.6) is 0 Å². The summed E-state index contributed by atoms with van der Waals surface area (Å²) in [5.41, 5.74) is 1.63. The van der Waals surface area contributed by atoms with E-state index in [0.29, 0.717) is 12.4 Å². The first-order chi connectivity index (χ1) is 7.31. The van der Waals surface area contributed by atoms with Crippen molar-refractivity contribution >= 4 is 16.9 Å². The molecular formula is C10H12N4O. The van der Waals surface area contributed by atoms with Crippen molar-refractivity contribution in [1.29, 1.82) is 0 Å². The standard InChI is InChI=1S/C10H12N4O/c11-14(5-6-15)10-7-12-8-3-1-2-4-9(8)13-10/h1-4,7,15H,5-6,11H2. The summed E-state index contributed by atoms with van der Waals surface area (Å²) < 4.78 is 0. The van der Waals surface area contributed by atoms with Crippen LogP contribution in [0.3, 0.4) is 0 Å². The van der Waals surface area contributed by atoms with E-state index < -0.39 is 0 Å². The second kappa shape index (κ2) is 4.20. The smallest absolute Gasteiger partial charge is 0.161 e. The first-order valence-corrected chi connectivity index (χ1v) is 4.66. The molecule has 5 heteroatoms. The van der Waals surface area contributed by atoms with E-state index in [2.05, 4.69) is 9.97 Å². The van der Waals surface area contributed by atoms with E-state index in [9.17, 15) is 0 Å². The SMILES string of the molecule is NN(CCO)c1cnc2ccccc2n1. The second-order valence-electron chi connectivity index (χ2n) is 3.13. The van der Waals surface area contributed by atoms with Crippen molar-refractivity contribution in [3.8, 4) is 0 Å². The maximum absolute atomic E-state index is 8.74. The van der Waals surface area contributed by atoms with Gasteiger partial charge in [-0.2, -0.15) is 0 Å². The summed E-state index contributed by atoms with van der Waals surface area (Å²) in [5, 5.41) is 10.1. The lowest BCUT2D eigenvalue weighted by Gasteiger charge is -2.15. The number of hydrazine groups is 1. The van der Waals surface area contributed by atoms with Crippen LogP contribution in [-0.4, -0.2) is 28.2 Å². The Hall–Kier alpha value is -1.72. The van der Waals surface area contributed by atoms with Crippen LogP contribution >= 0.6 is 0 Å². The summed E-state index contributed by atoms with van der Waals surface area (Å²) in [6.07, 6.45) is 1.60. The molecule has 0 fully saturated rings. The van der Waals surface area contributed by atoms with Gasteiger partial charge in [-0.05, 0) is 12.1 Å². The lowest BCUT2D eigenvalue weighted by atomic mass is 10.3. The summed E-state index contributed by atoms with van der Waals surface area (Å²) in [6, 6.07) is 7.57. The van der Waals surface area contributed by atoms with Crippen molar-refractivity contribution in [3.63, 3.8) is 0 Å². The minimum Gasteiger partial charge on any atom is -0.394 e. The monoisotopic (exact) mass is 204 g/mol. The molecule has 2 aromatic rings. The van der Waals surface area contributed by atoms with Crippen molar-refractivity contribution in [2.45, 2.75) is 0 Å². The van der Waals surface area contributed by atoms with Gasteiger partial charge >= 0.3 is 0 Å². The molecule has 0 saturated heterocycles. The summed E-state index contributed by atoms with van der Waals surface area (Å²) in [4.78, 5) is 8.54. The van der Waals surface area contributed by atoms with Gasteiger partial charge < -0.3 is 5.11 Å². The van der Waals surface area contributed by atoms with Gasteiger partial charge in [-0.25, -0.2) is 10.8 Å². The zero-order valence-corrected chi connectivity index (χ0v) is 8.17. The number of benzene rings is 1. The van der Waals surface area contributed by atoms with E-state index in [1.54, 1.807) is 6.20 Å². The molecule has 0 aliphatic heterocycles. The van der Waals surface area contributed by atoms with E-state index in [-0.39, 0.29) is 6.61 Å². The molecule has 0 radical (unpaired) electrons. The third-order valence-electron chi connectivity index (χ3n) is 2.07. The molecule has 0 saturated carbocycles. The number of hydrogen-bond donors (Lipinski definition) is 2. The number of rotatable bonds is 3. The number of aromatic nitrogens is 2. The maximum Gasteiger partial charge on any atom is 0.161 e. The van der Waals surface area contributed by atoms with Gasteiger partial charge in [-0.3, -0.25) is 9.99 Å². The highest BCUT2D eigenvalue weighted by Gasteiger charge is 2.03. The molecule has 2 rings (SSSR count). The molecule has 1 aromatic heterocycles. The van der Waals surface area contributed by atoms with Crippen molar-refractivity contribution < 1.29 is 5.11 Å². The topological polar surface area (TPSA) is 75.3 Å². The summed E-state index contributed by atoms with van der Waals surface area (Å²) in [7, 11) is 0.